The highest BCUT2D eigenvalue weighted by Crippen LogP contribution is 2.35. The van der Waals surface area contributed by atoms with Crippen LogP contribution in [0.4, 0.5) is 10.4 Å². The Balaban J connectivity index is 0.949. The van der Waals surface area contributed by atoms with Crippen molar-refractivity contribution in [1.29, 1.82) is 0 Å². The molecule has 2 unspecified atom stereocenters. The number of aromatic amines is 1. The van der Waals surface area contributed by atoms with E-state index in [4.69, 9.17) is 10.2 Å². The zero-order valence-corrected chi connectivity index (χ0v) is 26.5. The summed E-state index contributed by atoms with van der Waals surface area (Å²) in [5.41, 5.74) is 10.7. The van der Waals surface area contributed by atoms with Crippen molar-refractivity contribution >= 4 is 45.3 Å². The van der Waals surface area contributed by atoms with Crippen LogP contribution in [-0.4, -0.2) is 71.4 Å². The predicted octanol–water partition coefficient (Wildman–Crippen LogP) is 4.82. The molecule has 3 aliphatic rings. The number of H-pyrrole nitrogens is 1. The van der Waals surface area contributed by atoms with Gasteiger partial charge in [-0.3, -0.25) is 18.8 Å². The summed E-state index contributed by atoms with van der Waals surface area (Å²) in [5, 5.41) is 7.98. The highest BCUT2D eigenvalue weighted by atomic mass is 19.1. The zero-order valence-electron chi connectivity index (χ0n) is 26.5. The van der Waals surface area contributed by atoms with E-state index in [2.05, 4.69) is 20.2 Å². The number of amides is 2. The number of imidazole rings is 1. The number of nitrogens with one attached hydrogen (secondary N) is 1. The molecule has 12 nitrogen and oxygen atoms in total. The van der Waals surface area contributed by atoms with Gasteiger partial charge in [-0.1, -0.05) is 30.3 Å². The Hall–Kier alpha value is -6.37. The second kappa shape index (κ2) is 11.4. The first-order valence-electron chi connectivity index (χ1n) is 16.3. The number of pyridine rings is 1. The number of carbonyl (C=O) groups is 2. The SMILES string of the molecule is Nc1nc2cc(-c3ccc4ncc(C(=O)N5CCC6CC(C5)N6C(=O)c5cc(Cc6n[nH]c(=O)c7ccccc67)ccc5F)n4c3)ccc2o1. The van der Waals surface area contributed by atoms with Crippen molar-refractivity contribution in [2.75, 3.05) is 18.8 Å². The molecule has 3 N–H and O–H groups in total. The number of hydrogen-bond acceptors (Lipinski definition) is 8. The fourth-order valence-corrected chi connectivity index (χ4v) is 7.37. The van der Waals surface area contributed by atoms with Crippen LogP contribution in [0.15, 0.2) is 94.4 Å². The van der Waals surface area contributed by atoms with Crippen molar-refractivity contribution in [1.82, 2.24) is 34.4 Å². The van der Waals surface area contributed by atoms with Gasteiger partial charge < -0.3 is 20.0 Å². The van der Waals surface area contributed by atoms with Gasteiger partial charge in [0.25, 0.3) is 23.4 Å². The molecule has 2 atom stereocenters. The van der Waals surface area contributed by atoms with Crippen LogP contribution in [0.1, 0.15) is 44.9 Å². The largest absolute Gasteiger partial charge is 0.424 e. The van der Waals surface area contributed by atoms with Gasteiger partial charge in [0.1, 0.15) is 22.7 Å². The molecular weight excluding hydrogens is 639 g/mol. The second-order valence-corrected chi connectivity index (χ2v) is 12.9. The van der Waals surface area contributed by atoms with Crippen molar-refractivity contribution in [2.24, 2.45) is 0 Å². The lowest BCUT2D eigenvalue weighted by molar-refractivity contribution is 0.0173. The fourth-order valence-electron chi connectivity index (χ4n) is 7.37. The Morgan fingerprint density at radius 1 is 0.980 bits per heavy atom. The van der Waals surface area contributed by atoms with Crippen molar-refractivity contribution in [2.45, 2.75) is 31.3 Å². The number of nitrogens with two attached hydrogens (primary N) is 1. The first kappa shape index (κ1) is 29.7. The normalized spacial score (nSPS) is 17.3. The molecule has 7 heterocycles. The Morgan fingerprint density at radius 3 is 2.70 bits per heavy atom. The van der Waals surface area contributed by atoms with E-state index >= 15 is 4.39 Å². The van der Waals surface area contributed by atoms with Crippen LogP contribution in [-0.2, 0) is 6.42 Å². The number of aromatic nitrogens is 5. The average molecular weight is 669 g/mol. The number of halogens is 1. The van der Waals surface area contributed by atoms with Crippen molar-refractivity contribution in [3.05, 3.63) is 124 Å². The summed E-state index contributed by atoms with van der Waals surface area (Å²) in [6.07, 6.45) is 5.05. The lowest BCUT2D eigenvalue weighted by Crippen LogP contribution is -2.59. The molecular formula is C37H29FN8O4. The maximum Gasteiger partial charge on any atom is 0.292 e. The third-order valence-electron chi connectivity index (χ3n) is 9.89. The molecule has 50 heavy (non-hydrogen) atoms. The number of nitrogen functional groups attached to an aromatic ring is 1. The molecule has 0 spiro atoms. The monoisotopic (exact) mass is 668 g/mol. The Kier molecular flexibility index (Phi) is 6.76. The van der Waals surface area contributed by atoms with E-state index in [1.54, 1.807) is 44.7 Å². The molecule has 3 saturated heterocycles. The number of carbonyl (C=O) groups excluding carboxylic acids is 2. The number of nitrogens with zero attached hydrogens (tertiary/aromatic N) is 6. The third kappa shape index (κ3) is 4.88. The smallest absolute Gasteiger partial charge is 0.292 e. The molecule has 13 heteroatoms. The van der Waals surface area contributed by atoms with Crippen LogP contribution in [0.5, 0.6) is 0 Å². The molecule has 10 rings (SSSR count). The fraction of sp³-hybridized carbons (Fsp3) is 0.189. The first-order chi connectivity index (χ1) is 24.3. The van der Waals surface area contributed by atoms with E-state index in [1.165, 1.54) is 6.07 Å². The van der Waals surface area contributed by atoms with Gasteiger partial charge in [0.15, 0.2) is 5.58 Å². The molecule has 0 aliphatic carbocycles. The molecule has 3 aromatic carbocycles. The number of hydrogen-bond donors (Lipinski definition) is 2. The number of benzene rings is 3. The minimum Gasteiger partial charge on any atom is -0.424 e. The highest BCUT2D eigenvalue weighted by molar-refractivity contribution is 5.97. The summed E-state index contributed by atoms with van der Waals surface area (Å²) in [6.45, 7) is 0.779. The van der Waals surface area contributed by atoms with Crippen LogP contribution in [0, 0.1) is 5.82 Å². The Bertz CT molecular complexity index is 2570. The van der Waals surface area contributed by atoms with Crippen LogP contribution in [0.25, 0.3) is 38.6 Å². The minimum atomic E-state index is -0.609. The Morgan fingerprint density at radius 2 is 1.82 bits per heavy atom. The number of oxazole rings is 1. The molecule has 2 amide bonds. The quantitative estimate of drug-likeness (QED) is 0.265. The van der Waals surface area contributed by atoms with Gasteiger partial charge in [-0.15, -0.1) is 0 Å². The van der Waals surface area contributed by atoms with E-state index in [0.29, 0.717) is 70.4 Å². The van der Waals surface area contributed by atoms with Gasteiger partial charge >= 0.3 is 0 Å². The van der Waals surface area contributed by atoms with E-state index in [1.807, 2.05) is 48.7 Å². The summed E-state index contributed by atoms with van der Waals surface area (Å²) in [5.74, 6) is -1.20. The van der Waals surface area contributed by atoms with Crippen LogP contribution in [0.2, 0.25) is 0 Å². The van der Waals surface area contributed by atoms with Gasteiger partial charge in [-0.2, -0.15) is 10.1 Å². The molecule has 0 saturated carbocycles. The highest BCUT2D eigenvalue weighted by Gasteiger charge is 2.46. The van der Waals surface area contributed by atoms with Gasteiger partial charge in [0, 0.05) is 37.1 Å². The third-order valence-corrected chi connectivity index (χ3v) is 9.89. The lowest BCUT2D eigenvalue weighted by Gasteiger charge is -2.47. The summed E-state index contributed by atoms with van der Waals surface area (Å²) in [4.78, 5) is 52.3. The number of fused-ring (bicyclic) bond motifs is 6. The zero-order chi connectivity index (χ0) is 34.1. The van der Waals surface area contributed by atoms with Crippen LogP contribution >= 0.6 is 0 Å². The molecule has 248 valence electrons. The molecule has 7 aromatic rings. The topological polar surface area (TPSA) is 156 Å². The van der Waals surface area contributed by atoms with Crippen molar-refractivity contribution < 1.29 is 18.4 Å². The minimum absolute atomic E-state index is 0.0217. The molecule has 2 bridgehead atoms. The van der Waals surface area contributed by atoms with Crippen molar-refractivity contribution in [3.63, 3.8) is 0 Å². The lowest BCUT2D eigenvalue weighted by atomic mass is 9.90. The maximum absolute atomic E-state index is 15.2. The predicted molar refractivity (Wildman–Crippen MR) is 183 cm³/mol. The average Bonchev–Trinajstić information content (AvgIpc) is 3.57. The summed E-state index contributed by atoms with van der Waals surface area (Å²) in [7, 11) is 0. The summed E-state index contributed by atoms with van der Waals surface area (Å²) in [6, 6.07) is 20.8. The van der Waals surface area contributed by atoms with E-state index in [0.717, 1.165) is 17.5 Å². The van der Waals surface area contributed by atoms with Gasteiger partial charge in [0.05, 0.1) is 28.9 Å². The number of rotatable bonds is 5. The maximum atomic E-state index is 15.2. The van der Waals surface area contributed by atoms with Gasteiger partial charge in [0.2, 0.25) is 0 Å². The van der Waals surface area contributed by atoms with E-state index in [9.17, 15) is 14.4 Å². The summed E-state index contributed by atoms with van der Waals surface area (Å²) >= 11 is 0. The van der Waals surface area contributed by atoms with Crippen LogP contribution in [0.3, 0.4) is 0 Å². The molecule has 0 radical (unpaired) electrons. The van der Waals surface area contributed by atoms with Gasteiger partial charge in [-0.25, -0.2) is 14.5 Å². The standard InChI is InChI=1S/C37H29FN8O4/c38-28-8-5-20(14-29-25-3-1-2-4-26(25)34(47)43-42-29)13-27(28)35(48)46-23-11-12-44(19-24(46)16-23)36(49)31-17-40-33-10-7-22(18-45(31)33)21-6-9-32-30(15-21)41-37(39)50-32/h1-10,13,15,17-18,23-24H,11-12,14,16,19H2,(H2,39,41)(H,43,47). The van der Waals surface area contributed by atoms with Crippen molar-refractivity contribution in [3.8, 4) is 11.1 Å². The Labute approximate surface area is 283 Å². The number of anilines is 1. The molecule has 3 fully saturated rings. The van der Waals surface area contributed by atoms with E-state index < -0.39 is 11.7 Å². The molecule has 4 aromatic heterocycles. The van der Waals surface area contributed by atoms with Crippen LogP contribution < -0.4 is 11.3 Å². The van der Waals surface area contributed by atoms with Gasteiger partial charge in [-0.05, 0) is 72.0 Å². The van der Waals surface area contributed by atoms with E-state index in [-0.39, 0.29) is 35.1 Å². The molecule has 3 aliphatic heterocycles. The second-order valence-electron chi connectivity index (χ2n) is 12.9. The first-order valence-corrected chi connectivity index (χ1v) is 16.3. The summed E-state index contributed by atoms with van der Waals surface area (Å²) < 4.78 is 22.4.